The number of aromatic amines is 1. The molecule has 2 N–H and O–H groups in total. The molecule has 0 spiro atoms. The summed E-state index contributed by atoms with van der Waals surface area (Å²) in [5.41, 5.74) is -0.512. The lowest BCUT2D eigenvalue weighted by molar-refractivity contribution is -0.121. The second-order valence-electron chi connectivity index (χ2n) is 3.49. The molecule has 0 saturated carbocycles. The molecule has 6 nitrogen and oxygen atoms in total. The van der Waals surface area contributed by atoms with Crippen molar-refractivity contribution in [3.05, 3.63) is 45.3 Å². The minimum Gasteiger partial charge on any atom is -0.351 e. The van der Waals surface area contributed by atoms with E-state index in [-0.39, 0.29) is 12.5 Å². The molecule has 0 saturated heterocycles. The van der Waals surface area contributed by atoms with E-state index >= 15 is 0 Å². The minimum atomic E-state index is -0.582. The summed E-state index contributed by atoms with van der Waals surface area (Å²) in [5.74, 6) is -0.305. The van der Waals surface area contributed by atoms with Gasteiger partial charge >= 0.3 is 5.69 Å². The van der Waals surface area contributed by atoms with Gasteiger partial charge < -0.3 is 5.32 Å². The van der Waals surface area contributed by atoms with E-state index in [1.165, 1.54) is 10.8 Å². The van der Waals surface area contributed by atoms with Crippen LogP contribution in [-0.4, -0.2) is 22.0 Å². The van der Waals surface area contributed by atoms with E-state index in [2.05, 4.69) is 16.9 Å². The molecule has 0 aliphatic heterocycles. The molecule has 0 radical (unpaired) electrons. The molecule has 0 unspecified atom stereocenters. The Hall–Kier alpha value is -2.11. The van der Waals surface area contributed by atoms with Gasteiger partial charge in [-0.1, -0.05) is 13.0 Å². The normalized spacial score (nSPS) is 9.94. The molecule has 0 aromatic carbocycles. The Balaban J connectivity index is 2.91. The molecule has 6 heteroatoms. The number of aromatic nitrogens is 2. The SMILES string of the molecule is C=CCNC(=O)Cn1cc(CC)c(=O)[nH]c1=O. The highest BCUT2D eigenvalue weighted by Crippen LogP contribution is 1.89. The number of hydrogen-bond acceptors (Lipinski definition) is 3. The molecule has 0 aliphatic carbocycles. The zero-order chi connectivity index (χ0) is 12.8. The monoisotopic (exact) mass is 237 g/mol. The third-order valence-corrected chi connectivity index (χ3v) is 2.22. The number of aryl methyl sites for hydroxylation is 1. The molecule has 1 aromatic heterocycles. The molecule has 1 aromatic rings. The van der Waals surface area contributed by atoms with E-state index < -0.39 is 11.2 Å². The van der Waals surface area contributed by atoms with Gasteiger partial charge in [0.05, 0.1) is 0 Å². The number of carbonyl (C=O) groups is 1. The average molecular weight is 237 g/mol. The standard InChI is InChI=1S/C11H15N3O3/c1-3-5-12-9(15)7-14-6-8(4-2)10(16)13-11(14)17/h3,6H,1,4-5,7H2,2H3,(H,12,15)(H,13,16,17). The van der Waals surface area contributed by atoms with Crippen molar-refractivity contribution in [2.45, 2.75) is 19.9 Å². The van der Waals surface area contributed by atoms with Gasteiger partial charge in [0.1, 0.15) is 6.54 Å². The van der Waals surface area contributed by atoms with Crippen LogP contribution >= 0.6 is 0 Å². The highest BCUT2D eigenvalue weighted by Gasteiger charge is 2.06. The van der Waals surface area contributed by atoms with Gasteiger partial charge in [0.25, 0.3) is 5.56 Å². The molecule has 1 heterocycles. The van der Waals surface area contributed by atoms with Gasteiger partial charge in [-0.3, -0.25) is 19.1 Å². The first kappa shape index (κ1) is 13.0. The molecule has 17 heavy (non-hydrogen) atoms. The van der Waals surface area contributed by atoms with Crippen LogP contribution in [0, 0.1) is 0 Å². The Kier molecular flexibility index (Phi) is 4.45. The number of H-pyrrole nitrogens is 1. The van der Waals surface area contributed by atoms with Crippen molar-refractivity contribution in [1.82, 2.24) is 14.9 Å². The van der Waals surface area contributed by atoms with Crippen LogP contribution in [0.1, 0.15) is 12.5 Å². The van der Waals surface area contributed by atoms with Gasteiger partial charge in [0.15, 0.2) is 0 Å². The van der Waals surface area contributed by atoms with Crippen LogP contribution < -0.4 is 16.6 Å². The van der Waals surface area contributed by atoms with E-state index in [1.807, 2.05) is 0 Å². The lowest BCUT2D eigenvalue weighted by Crippen LogP contribution is -2.36. The number of carbonyl (C=O) groups excluding carboxylic acids is 1. The van der Waals surface area contributed by atoms with E-state index in [1.54, 1.807) is 13.0 Å². The first-order valence-corrected chi connectivity index (χ1v) is 5.28. The summed E-state index contributed by atoms with van der Waals surface area (Å²) in [7, 11) is 0. The predicted octanol–water partition coefficient (Wildman–Crippen LogP) is -0.599. The molecule has 0 bridgehead atoms. The Morgan fingerprint density at radius 2 is 2.29 bits per heavy atom. The van der Waals surface area contributed by atoms with Crippen LogP contribution in [0.5, 0.6) is 0 Å². The largest absolute Gasteiger partial charge is 0.351 e. The fourth-order valence-electron chi connectivity index (χ4n) is 1.32. The van der Waals surface area contributed by atoms with Crippen molar-refractivity contribution in [3.63, 3.8) is 0 Å². The summed E-state index contributed by atoms with van der Waals surface area (Å²) in [5, 5.41) is 2.55. The third kappa shape index (κ3) is 3.44. The van der Waals surface area contributed by atoms with E-state index in [0.717, 1.165) is 0 Å². The highest BCUT2D eigenvalue weighted by molar-refractivity contribution is 5.75. The van der Waals surface area contributed by atoms with Crippen molar-refractivity contribution in [1.29, 1.82) is 0 Å². The summed E-state index contributed by atoms with van der Waals surface area (Å²) in [6.07, 6.45) is 3.46. The van der Waals surface area contributed by atoms with Crippen molar-refractivity contribution in [2.75, 3.05) is 6.54 Å². The molecule has 0 aliphatic rings. The fraction of sp³-hybridized carbons (Fsp3) is 0.364. The first-order chi connectivity index (χ1) is 8.08. The van der Waals surface area contributed by atoms with E-state index in [0.29, 0.717) is 18.5 Å². The zero-order valence-electron chi connectivity index (χ0n) is 9.66. The van der Waals surface area contributed by atoms with Gasteiger partial charge in [0, 0.05) is 18.3 Å². The van der Waals surface area contributed by atoms with Crippen LogP contribution in [0.4, 0.5) is 0 Å². The van der Waals surface area contributed by atoms with Crippen LogP contribution in [-0.2, 0) is 17.8 Å². The fourth-order valence-corrected chi connectivity index (χ4v) is 1.32. The number of nitrogens with zero attached hydrogens (tertiary/aromatic N) is 1. The van der Waals surface area contributed by atoms with Gasteiger partial charge in [-0.15, -0.1) is 6.58 Å². The minimum absolute atomic E-state index is 0.115. The second kappa shape index (κ2) is 5.83. The van der Waals surface area contributed by atoms with Crippen LogP contribution in [0.3, 0.4) is 0 Å². The maximum Gasteiger partial charge on any atom is 0.328 e. The average Bonchev–Trinajstić information content (AvgIpc) is 2.30. The molecule has 0 fully saturated rings. The molecule has 0 atom stereocenters. The van der Waals surface area contributed by atoms with Gasteiger partial charge in [-0.05, 0) is 6.42 Å². The van der Waals surface area contributed by atoms with Crippen molar-refractivity contribution >= 4 is 5.91 Å². The summed E-state index contributed by atoms with van der Waals surface area (Å²) >= 11 is 0. The number of rotatable bonds is 5. The lowest BCUT2D eigenvalue weighted by atomic mass is 10.2. The number of hydrogen-bond donors (Lipinski definition) is 2. The van der Waals surface area contributed by atoms with Crippen LogP contribution in [0.2, 0.25) is 0 Å². The highest BCUT2D eigenvalue weighted by atomic mass is 16.2. The van der Waals surface area contributed by atoms with Crippen molar-refractivity contribution in [2.24, 2.45) is 0 Å². The smallest absolute Gasteiger partial charge is 0.328 e. The maximum atomic E-state index is 11.4. The Labute approximate surface area is 98.0 Å². The van der Waals surface area contributed by atoms with E-state index in [9.17, 15) is 14.4 Å². The van der Waals surface area contributed by atoms with Gasteiger partial charge in [0.2, 0.25) is 5.91 Å². The Morgan fingerprint density at radius 1 is 1.59 bits per heavy atom. The molecular weight excluding hydrogens is 222 g/mol. The predicted molar refractivity (Wildman–Crippen MR) is 63.9 cm³/mol. The quantitative estimate of drug-likeness (QED) is 0.671. The first-order valence-electron chi connectivity index (χ1n) is 5.28. The van der Waals surface area contributed by atoms with E-state index in [4.69, 9.17) is 0 Å². The summed E-state index contributed by atoms with van der Waals surface area (Å²) in [6, 6.07) is 0. The summed E-state index contributed by atoms with van der Waals surface area (Å²) in [4.78, 5) is 36.3. The Bertz CT molecular complexity index is 527. The third-order valence-electron chi connectivity index (χ3n) is 2.22. The van der Waals surface area contributed by atoms with Crippen LogP contribution in [0.25, 0.3) is 0 Å². The lowest BCUT2D eigenvalue weighted by Gasteiger charge is -2.06. The Morgan fingerprint density at radius 3 is 2.88 bits per heavy atom. The summed E-state index contributed by atoms with van der Waals surface area (Å²) < 4.78 is 1.18. The molecule has 1 amide bonds. The van der Waals surface area contributed by atoms with Crippen molar-refractivity contribution < 1.29 is 4.79 Å². The molecular formula is C11H15N3O3. The molecule has 1 rings (SSSR count). The second-order valence-corrected chi connectivity index (χ2v) is 3.49. The molecule has 92 valence electrons. The zero-order valence-corrected chi connectivity index (χ0v) is 9.66. The van der Waals surface area contributed by atoms with Gasteiger partial charge in [-0.2, -0.15) is 0 Å². The topological polar surface area (TPSA) is 84.0 Å². The number of nitrogens with one attached hydrogen (secondary N) is 2. The van der Waals surface area contributed by atoms with Crippen LogP contribution in [0.15, 0.2) is 28.4 Å². The van der Waals surface area contributed by atoms with Gasteiger partial charge in [-0.25, -0.2) is 4.79 Å². The maximum absolute atomic E-state index is 11.4. The van der Waals surface area contributed by atoms with Crippen molar-refractivity contribution in [3.8, 4) is 0 Å². The summed E-state index contributed by atoms with van der Waals surface area (Å²) in [6.45, 7) is 5.50. The number of amides is 1.